The maximum absolute atomic E-state index is 10.6. The molecule has 0 spiro atoms. The summed E-state index contributed by atoms with van der Waals surface area (Å²) in [5, 5.41) is 21.5. The van der Waals surface area contributed by atoms with Gasteiger partial charge in [0, 0.05) is 6.54 Å². The molecular formula is C6H9N2O3. The van der Waals surface area contributed by atoms with E-state index in [0.717, 1.165) is 6.08 Å². The second-order valence-electron chi connectivity index (χ2n) is 1.71. The molecule has 0 amide bonds. The summed E-state index contributed by atoms with van der Waals surface area (Å²) in [5.74, 6) is -0.489. The lowest BCUT2D eigenvalue weighted by molar-refractivity contribution is -0.121. The van der Waals surface area contributed by atoms with Crippen molar-refractivity contribution in [2.24, 2.45) is 5.16 Å². The summed E-state index contributed by atoms with van der Waals surface area (Å²) in [6.07, 6.45) is 1.79. The molecule has 0 saturated heterocycles. The van der Waals surface area contributed by atoms with Crippen LogP contribution in [0.3, 0.4) is 0 Å². The first kappa shape index (κ1) is 9.64. The lowest BCUT2D eigenvalue weighted by Crippen LogP contribution is -2.31. The van der Waals surface area contributed by atoms with E-state index in [4.69, 9.17) is 10.3 Å². The van der Waals surface area contributed by atoms with Crippen molar-refractivity contribution in [3.63, 3.8) is 0 Å². The highest BCUT2D eigenvalue weighted by molar-refractivity contribution is 5.93. The van der Waals surface area contributed by atoms with Gasteiger partial charge in [0.25, 0.3) is 0 Å². The molecular weight excluding hydrogens is 148 g/mol. The van der Waals surface area contributed by atoms with Gasteiger partial charge in [-0.15, -0.1) is 0 Å². The summed E-state index contributed by atoms with van der Waals surface area (Å²) in [6, 6.07) is 0. The summed E-state index contributed by atoms with van der Waals surface area (Å²) >= 11 is 0. The Morgan fingerprint density at radius 2 is 2.55 bits per heavy atom. The zero-order valence-corrected chi connectivity index (χ0v) is 5.82. The smallest absolute Gasteiger partial charge is 0.211 e. The SMILES string of the molecule is C=CC(=O)C(O)CN[C]=NO. The predicted octanol–water partition coefficient (Wildman–Crippen LogP) is -1.01. The van der Waals surface area contributed by atoms with Gasteiger partial charge in [-0.1, -0.05) is 11.7 Å². The second kappa shape index (κ2) is 5.43. The van der Waals surface area contributed by atoms with Crippen molar-refractivity contribution in [1.82, 2.24) is 5.32 Å². The summed E-state index contributed by atoms with van der Waals surface area (Å²) in [4.78, 5) is 10.6. The van der Waals surface area contributed by atoms with Crippen molar-refractivity contribution in [2.75, 3.05) is 6.54 Å². The summed E-state index contributed by atoms with van der Waals surface area (Å²) in [5.41, 5.74) is 0. The zero-order valence-electron chi connectivity index (χ0n) is 5.82. The Hall–Kier alpha value is -1.36. The average molecular weight is 157 g/mol. The Morgan fingerprint density at radius 1 is 1.91 bits per heavy atom. The van der Waals surface area contributed by atoms with Crippen LogP contribution >= 0.6 is 0 Å². The van der Waals surface area contributed by atoms with Crippen molar-refractivity contribution in [3.8, 4) is 0 Å². The maximum atomic E-state index is 10.6. The standard InChI is InChI=1S/C6H9N2O3/c1-2-5(9)6(10)3-7-4-8-11/h2,6,10-11H,1,3H2,(H,7,8). The lowest BCUT2D eigenvalue weighted by Gasteiger charge is -2.03. The van der Waals surface area contributed by atoms with E-state index in [9.17, 15) is 4.79 Å². The first-order chi connectivity index (χ1) is 5.22. The minimum absolute atomic E-state index is 0.0467. The number of aliphatic hydroxyl groups is 1. The minimum Gasteiger partial charge on any atom is -0.409 e. The number of hydrogen-bond donors (Lipinski definition) is 3. The number of ketones is 1. The fraction of sp³-hybridized carbons (Fsp3) is 0.333. The van der Waals surface area contributed by atoms with E-state index in [1.54, 1.807) is 0 Å². The molecule has 1 atom stereocenters. The van der Waals surface area contributed by atoms with Crippen molar-refractivity contribution < 1.29 is 15.1 Å². The molecule has 11 heavy (non-hydrogen) atoms. The molecule has 0 fully saturated rings. The van der Waals surface area contributed by atoms with Gasteiger partial charge in [0.15, 0.2) is 5.78 Å². The van der Waals surface area contributed by atoms with E-state index in [0.29, 0.717) is 0 Å². The molecule has 5 nitrogen and oxygen atoms in total. The van der Waals surface area contributed by atoms with E-state index in [1.165, 1.54) is 0 Å². The van der Waals surface area contributed by atoms with Gasteiger partial charge in [-0.2, -0.15) is 0 Å². The van der Waals surface area contributed by atoms with E-state index < -0.39 is 11.9 Å². The first-order valence-corrected chi connectivity index (χ1v) is 2.88. The Morgan fingerprint density at radius 3 is 3.00 bits per heavy atom. The van der Waals surface area contributed by atoms with Crippen LogP contribution in [0.5, 0.6) is 0 Å². The molecule has 0 bridgehead atoms. The largest absolute Gasteiger partial charge is 0.409 e. The second-order valence-corrected chi connectivity index (χ2v) is 1.71. The molecule has 0 heterocycles. The quantitative estimate of drug-likeness (QED) is 0.119. The number of rotatable bonds is 5. The number of aliphatic hydroxyl groups excluding tert-OH is 1. The van der Waals surface area contributed by atoms with Crippen LogP contribution in [0.15, 0.2) is 17.8 Å². The zero-order chi connectivity index (χ0) is 8.69. The molecule has 0 saturated carbocycles. The molecule has 0 aliphatic carbocycles. The molecule has 61 valence electrons. The molecule has 0 aliphatic heterocycles. The van der Waals surface area contributed by atoms with E-state index in [-0.39, 0.29) is 6.54 Å². The molecule has 0 aromatic rings. The van der Waals surface area contributed by atoms with Crippen LogP contribution in [0.2, 0.25) is 0 Å². The number of nitrogens with zero attached hydrogens (tertiary/aromatic N) is 1. The Bertz CT molecular complexity index is 167. The number of carbonyl (C=O) groups is 1. The van der Waals surface area contributed by atoms with Crippen LogP contribution < -0.4 is 5.32 Å². The highest BCUT2D eigenvalue weighted by atomic mass is 16.4. The number of hydrogen-bond acceptors (Lipinski definition) is 4. The van der Waals surface area contributed by atoms with E-state index >= 15 is 0 Å². The monoisotopic (exact) mass is 157 g/mol. The molecule has 0 rings (SSSR count). The van der Waals surface area contributed by atoms with Gasteiger partial charge in [0.1, 0.15) is 6.10 Å². The van der Waals surface area contributed by atoms with Crippen LogP contribution in [-0.4, -0.2) is 35.1 Å². The van der Waals surface area contributed by atoms with Gasteiger partial charge in [0.2, 0.25) is 6.34 Å². The number of nitrogens with one attached hydrogen (secondary N) is 1. The van der Waals surface area contributed by atoms with Crippen molar-refractivity contribution in [1.29, 1.82) is 0 Å². The molecule has 0 aliphatic rings. The fourth-order valence-electron chi connectivity index (χ4n) is 0.414. The predicted molar refractivity (Wildman–Crippen MR) is 38.4 cm³/mol. The Labute approximate surface area is 64.0 Å². The van der Waals surface area contributed by atoms with Crippen LogP contribution in [0.1, 0.15) is 0 Å². The molecule has 1 radical (unpaired) electrons. The van der Waals surface area contributed by atoms with Gasteiger partial charge in [-0.05, 0) is 6.08 Å². The van der Waals surface area contributed by atoms with Crippen molar-refractivity contribution in [3.05, 3.63) is 12.7 Å². The van der Waals surface area contributed by atoms with Gasteiger partial charge in [-0.3, -0.25) is 4.79 Å². The lowest BCUT2D eigenvalue weighted by atomic mass is 10.2. The molecule has 0 aromatic heterocycles. The first-order valence-electron chi connectivity index (χ1n) is 2.88. The van der Waals surface area contributed by atoms with Crippen LogP contribution in [-0.2, 0) is 4.79 Å². The third-order valence-electron chi connectivity index (χ3n) is 0.954. The third kappa shape index (κ3) is 4.10. The normalized spacial score (nSPS) is 12.8. The van der Waals surface area contributed by atoms with Gasteiger partial charge in [-0.25, -0.2) is 0 Å². The van der Waals surface area contributed by atoms with E-state index in [1.807, 2.05) is 6.34 Å². The molecule has 5 heteroatoms. The maximum Gasteiger partial charge on any atom is 0.211 e. The summed E-state index contributed by atoms with van der Waals surface area (Å²) in [6.45, 7) is 3.13. The summed E-state index contributed by atoms with van der Waals surface area (Å²) < 4.78 is 0. The van der Waals surface area contributed by atoms with E-state index in [2.05, 4.69) is 17.1 Å². The molecule has 0 aromatic carbocycles. The van der Waals surface area contributed by atoms with Crippen molar-refractivity contribution >= 4 is 12.1 Å². The summed E-state index contributed by atoms with van der Waals surface area (Å²) in [7, 11) is 0. The number of carbonyl (C=O) groups excluding carboxylic acids is 1. The van der Waals surface area contributed by atoms with Crippen molar-refractivity contribution in [2.45, 2.75) is 6.10 Å². The van der Waals surface area contributed by atoms with Crippen LogP contribution in [0.4, 0.5) is 0 Å². The molecule has 3 N–H and O–H groups in total. The van der Waals surface area contributed by atoms with Crippen LogP contribution in [0.25, 0.3) is 0 Å². The van der Waals surface area contributed by atoms with Crippen LogP contribution in [0, 0.1) is 0 Å². The average Bonchev–Trinajstić information content (AvgIpc) is 2.03. The fourth-order valence-corrected chi connectivity index (χ4v) is 0.414. The van der Waals surface area contributed by atoms with Gasteiger partial charge >= 0.3 is 0 Å². The highest BCUT2D eigenvalue weighted by Crippen LogP contribution is 1.83. The highest BCUT2D eigenvalue weighted by Gasteiger charge is 2.09. The minimum atomic E-state index is -1.17. The third-order valence-corrected chi connectivity index (χ3v) is 0.954. The Kier molecular flexibility index (Phi) is 4.76. The Balaban J connectivity index is 3.59. The van der Waals surface area contributed by atoms with Gasteiger partial charge < -0.3 is 15.6 Å². The topological polar surface area (TPSA) is 81.9 Å². The molecule has 1 unspecified atom stereocenters. The van der Waals surface area contributed by atoms with Gasteiger partial charge in [0.05, 0.1) is 0 Å².